The summed E-state index contributed by atoms with van der Waals surface area (Å²) in [5.41, 5.74) is 2.51. The number of benzene rings is 1. The molecular formula is C11H11Br2N3O. The van der Waals surface area contributed by atoms with Crippen molar-refractivity contribution in [3.63, 3.8) is 0 Å². The molecule has 0 saturated carbocycles. The second kappa shape index (κ2) is 4.88. The van der Waals surface area contributed by atoms with Gasteiger partial charge in [0.1, 0.15) is 11.8 Å². The Morgan fingerprint density at radius 2 is 2.06 bits per heavy atom. The SMILES string of the molecule is Cc1ccc(Br)cc1C(O)c1c(Br)nnn1C. The van der Waals surface area contributed by atoms with E-state index >= 15 is 0 Å². The van der Waals surface area contributed by atoms with Crippen molar-refractivity contribution in [1.82, 2.24) is 15.0 Å². The first-order valence-corrected chi connectivity index (χ1v) is 6.58. The summed E-state index contributed by atoms with van der Waals surface area (Å²) in [7, 11) is 1.75. The molecule has 1 atom stereocenters. The lowest BCUT2D eigenvalue weighted by Gasteiger charge is -2.14. The van der Waals surface area contributed by atoms with Crippen LogP contribution in [0.15, 0.2) is 27.3 Å². The van der Waals surface area contributed by atoms with E-state index in [1.165, 1.54) is 0 Å². The van der Waals surface area contributed by atoms with Crippen LogP contribution in [0.25, 0.3) is 0 Å². The highest BCUT2D eigenvalue weighted by Crippen LogP contribution is 2.30. The molecule has 0 fully saturated rings. The van der Waals surface area contributed by atoms with E-state index in [1.54, 1.807) is 11.7 Å². The molecule has 0 radical (unpaired) electrons. The van der Waals surface area contributed by atoms with E-state index in [4.69, 9.17) is 0 Å². The van der Waals surface area contributed by atoms with Crippen molar-refractivity contribution in [3.05, 3.63) is 44.1 Å². The molecule has 0 aliphatic rings. The Balaban J connectivity index is 2.50. The molecule has 0 spiro atoms. The highest BCUT2D eigenvalue weighted by Gasteiger charge is 2.21. The third-order valence-corrected chi connectivity index (χ3v) is 3.68. The van der Waals surface area contributed by atoms with E-state index in [9.17, 15) is 5.11 Å². The zero-order valence-corrected chi connectivity index (χ0v) is 12.5. The average Bonchev–Trinajstić information content (AvgIpc) is 2.61. The fourth-order valence-corrected chi connectivity index (χ4v) is 2.61. The second-order valence-electron chi connectivity index (χ2n) is 3.79. The molecule has 4 nitrogen and oxygen atoms in total. The maximum atomic E-state index is 10.4. The molecule has 1 aromatic heterocycles. The molecule has 1 heterocycles. The first kappa shape index (κ1) is 12.7. The summed E-state index contributed by atoms with van der Waals surface area (Å²) in [4.78, 5) is 0. The summed E-state index contributed by atoms with van der Waals surface area (Å²) < 4.78 is 3.06. The minimum Gasteiger partial charge on any atom is -0.382 e. The lowest BCUT2D eigenvalue weighted by molar-refractivity contribution is 0.208. The van der Waals surface area contributed by atoms with Crippen LogP contribution in [0, 0.1) is 6.92 Å². The third-order valence-electron chi connectivity index (χ3n) is 2.62. The van der Waals surface area contributed by atoms with Gasteiger partial charge in [-0.2, -0.15) is 0 Å². The Morgan fingerprint density at radius 1 is 1.35 bits per heavy atom. The smallest absolute Gasteiger partial charge is 0.154 e. The molecule has 0 saturated heterocycles. The van der Waals surface area contributed by atoms with Crippen LogP contribution in [0.3, 0.4) is 0 Å². The van der Waals surface area contributed by atoms with Gasteiger partial charge in [0.15, 0.2) is 4.60 Å². The van der Waals surface area contributed by atoms with Crippen molar-refractivity contribution >= 4 is 31.9 Å². The van der Waals surface area contributed by atoms with Gasteiger partial charge in [-0.3, -0.25) is 0 Å². The number of hydrogen-bond donors (Lipinski definition) is 1. The molecule has 1 N–H and O–H groups in total. The summed E-state index contributed by atoms with van der Waals surface area (Å²) in [6.45, 7) is 1.96. The molecule has 90 valence electrons. The molecule has 1 unspecified atom stereocenters. The second-order valence-corrected chi connectivity index (χ2v) is 5.46. The van der Waals surface area contributed by atoms with Crippen molar-refractivity contribution in [2.24, 2.45) is 7.05 Å². The van der Waals surface area contributed by atoms with E-state index in [0.717, 1.165) is 15.6 Å². The summed E-state index contributed by atoms with van der Waals surface area (Å²) in [5.74, 6) is 0. The van der Waals surface area contributed by atoms with Gasteiger partial charge in [0, 0.05) is 11.5 Å². The van der Waals surface area contributed by atoms with Crippen LogP contribution < -0.4 is 0 Å². The van der Waals surface area contributed by atoms with Gasteiger partial charge in [0.25, 0.3) is 0 Å². The minimum absolute atomic E-state index is 0.562. The first-order chi connectivity index (χ1) is 8.00. The number of nitrogens with zero attached hydrogens (tertiary/aromatic N) is 3. The number of aromatic nitrogens is 3. The molecular weight excluding hydrogens is 350 g/mol. The Kier molecular flexibility index (Phi) is 3.65. The molecule has 6 heteroatoms. The molecule has 0 aliphatic carbocycles. The van der Waals surface area contributed by atoms with E-state index in [1.807, 2.05) is 25.1 Å². The Morgan fingerprint density at radius 3 is 2.65 bits per heavy atom. The first-order valence-electron chi connectivity index (χ1n) is 5.00. The summed E-state index contributed by atoms with van der Waals surface area (Å²) in [5, 5.41) is 18.1. The molecule has 2 rings (SSSR count). The van der Waals surface area contributed by atoms with Gasteiger partial charge in [0.05, 0.1) is 0 Å². The lowest BCUT2D eigenvalue weighted by Crippen LogP contribution is -2.08. The van der Waals surface area contributed by atoms with Crippen LogP contribution in [-0.4, -0.2) is 20.1 Å². The normalized spacial score (nSPS) is 12.8. The van der Waals surface area contributed by atoms with Gasteiger partial charge in [-0.1, -0.05) is 27.2 Å². The fraction of sp³-hybridized carbons (Fsp3) is 0.273. The van der Waals surface area contributed by atoms with E-state index in [-0.39, 0.29) is 0 Å². The largest absolute Gasteiger partial charge is 0.382 e. The van der Waals surface area contributed by atoms with Crippen LogP contribution in [0.4, 0.5) is 0 Å². The fourth-order valence-electron chi connectivity index (χ4n) is 1.68. The van der Waals surface area contributed by atoms with Crippen molar-refractivity contribution in [1.29, 1.82) is 0 Å². The summed E-state index contributed by atoms with van der Waals surface area (Å²) >= 11 is 6.70. The van der Waals surface area contributed by atoms with Gasteiger partial charge >= 0.3 is 0 Å². The van der Waals surface area contributed by atoms with E-state index < -0.39 is 6.10 Å². The highest BCUT2D eigenvalue weighted by molar-refractivity contribution is 9.10. The number of aliphatic hydroxyl groups excluding tert-OH is 1. The number of aliphatic hydroxyl groups is 1. The molecule has 0 bridgehead atoms. The molecule has 0 amide bonds. The van der Waals surface area contributed by atoms with E-state index in [0.29, 0.717) is 10.3 Å². The van der Waals surface area contributed by atoms with Gasteiger partial charge in [-0.15, -0.1) is 5.10 Å². The quantitative estimate of drug-likeness (QED) is 0.895. The molecule has 2 aromatic rings. The predicted molar refractivity (Wildman–Crippen MR) is 71.6 cm³/mol. The van der Waals surface area contributed by atoms with Crippen molar-refractivity contribution in [3.8, 4) is 0 Å². The molecule has 17 heavy (non-hydrogen) atoms. The van der Waals surface area contributed by atoms with Crippen LogP contribution in [-0.2, 0) is 7.05 Å². The van der Waals surface area contributed by atoms with Crippen LogP contribution in [0.5, 0.6) is 0 Å². The maximum absolute atomic E-state index is 10.4. The van der Waals surface area contributed by atoms with E-state index in [2.05, 4.69) is 42.2 Å². The Hall–Kier alpha value is -0.720. The summed E-state index contributed by atoms with van der Waals surface area (Å²) in [6.07, 6.45) is -0.748. The Bertz CT molecular complexity index is 534. The predicted octanol–water partition coefficient (Wildman–Crippen LogP) is 2.73. The maximum Gasteiger partial charge on any atom is 0.154 e. The summed E-state index contributed by atoms with van der Waals surface area (Å²) in [6, 6.07) is 5.81. The molecule has 1 aromatic carbocycles. The highest BCUT2D eigenvalue weighted by atomic mass is 79.9. The Labute approximate surface area is 116 Å². The van der Waals surface area contributed by atoms with Gasteiger partial charge in [0.2, 0.25) is 0 Å². The van der Waals surface area contributed by atoms with Gasteiger partial charge in [-0.25, -0.2) is 4.68 Å². The standard InChI is InChI=1S/C11H11Br2N3O/c1-6-3-4-7(12)5-8(6)10(17)9-11(13)14-15-16(9)2/h3-5,10,17H,1-2H3. The molecule has 0 aliphatic heterocycles. The number of hydrogen-bond acceptors (Lipinski definition) is 3. The topological polar surface area (TPSA) is 50.9 Å². The van der Waals surface area contributed by atoms with Gasteiger partial charge in [-0.05, 0) is 46.1 Å². The van der Waals surface area contributed by atoms with Crippen LogP contribution >= 0.6 is 31.9 Å². The number of halogens is 2. The minimum atomic E-state index is -0.748. The third kappa shape index (κ3) is 2.43. The zero-order chi connectivity index (χ0) is 12.6. The van der Waals surface area contributed by atoms with Crippen LogP contribution in [0.1, 0.15) is 22.9 Å². The van der Waals surface area contributed by atoms with Crippen molar-refractivity contribution in [2.45, 2.75) is 13.0 Å². The van der Waals surface area contributed by atoms with Crippen molar-refractivity contribution < 1.29 is 5.11 Å². The van der Waals surface area contributed by atoms with Gasteiger partial charge < -0.3 is 5.11 Å². The number of rotatable bonds is 2. The lowest BCUT2D eigenvalue weighted by atomic mass is 10.0. The number of aryl methyl sites for hydroxylation is 2. The average molecular weight is 361 g/mol. The van der Waals surface area contributed by atoms with Crippen molar-refractivity contribution in [2.75, 3.05) is 0 Å². The zero-order valence-electron chi connectivity index (χ0n) is 9.35. The monoisotopic (exact) mass is 359 g/mol. The van der Waals surface area contributed by atoms with Crippen LogP contribution in [0.2, 0.25) is 0 Å².